The summed E-state index contributed by atoms with van der Waals surface area (Å²) in [5, 5.41) is 3.35. The molecule has 0 unspecified atom stereocenters. The minimum atomic E-state index is -0.219. The van der Waals surface area contributed by atoms with E-state index in [2.05, 4.69) is 33.4 Å². The van der Waals surface area contributed by atoms with Gasteiger partial charge in [-0.1, -0.05) is 36.4 Å². The molecule has 2 aromatic carbocycles. The summed E-state index contributed by atoms with van der Waals surface area (Å²) in [4.78, 5) is 0. The van der Waals surface area contributed by atoms with Crippen molar-refractivity contribution in [3.8, 4) is 0 Å². The maximum absolute atomic E-state index is 13.0. The van der Waals surface area contributed by atoms with E-state index in [1.807, 2.05) is 24.3 Å². The summed E-state index contributed by atoms with van der Waals surface area (Å²) in [6, 6.07) is 15.5. The molecule has 0 aliphatic carbocycles. The lowest BCUT2D eigenvalue weighted by molar-refractivity contribution is 0.618. The normalized spacial score (nSPS) is 10.6. The van der Waals surface area contributed by atoms with Crippen LogP contribution in [0.2, 0.25) is 0 Å². The number of hydrogen-bond donors (Lipinski definition) is 1. The first kappa shape index (κ1) is 13.2. The summed E-state index contributed by atoms with van der Waals surface area (Å²) in [7, 11) is 0. The smallest absolute Gasteiger partial charge is 0.137 e. The largest absolute Gasteiger partial charge is 0.312 e. The van der Waals surface area contributed by atoms with Gasteiger partial charge in [0.15, 0.2) is 0 Å². The van der Waals surface area contributed by atoms with E-state index in [4.69, 9.17) is 0 Å². The van der Waals surface area contributed by atoms with Crippen molar-refractivity contribution in [1.29, 1.82) is 0 Å². The number of halogens is 2. The van der Waals surface area contributed by atoms with Crippen molar-refractivity contribution in [3.63, 3.8) is 0 Å². The van der Waals surface area contributed by atoms with Gasteiger partial charge in [0.25, 0.3) is 0 Å². The molecule has 0 heterocycles. The topological polar surface area (TPSA) is 12.0 Å². The van der Waals surface area contributed by atoms with Crippen LogP contribution in [0.15, 0.2) is 53.0 Å². The van der Waals surface area contributed by atoms with E-state index in [1.54, 1.807) is 6.07 Å². The Morgan fingerprint density at radius 3 is 2.50 bits per heavy atom. The van der Waals surface area contributed by atoms with Crippen LogP contribution in [-0.2, 0) is 13.0 Å². The van der Waals surface area contributed by atoms with E-state index in [9.17, 15) is 4.39 Å². The lowest BCUT2D eigenvalue weighted by Crippen LogP contribution is -2.16. The van der Waals surface area contributed by atoms with Crippen LogP contribution in [0.3, 0.4) is 0 Å². The molecule has 0 aliphatic rings. The zero-order chi connectivity index (χ0) is 12.8. The molecule has 0 saturated carbocycles. The van der Waals surface area contributed by atoms with Gasteiger partial charge in [-0.3, -0.25) is 0 Å². The molecular formula is C15H15BrFN. The highest BCUT2D eigenvalue weighted by Gasteiger charge is 2.00. The molecule has 0 saturated heterocycles. The Labute approximate surface area is 115 Å². The summed E-state index contributed by atoms with van der Waals surface area (Å²) in [5.41, 5.74) is 2.40. The predicted molar refractivity (Wildman–Crippen MR) is 76.0 cm³/mol. The van der Waals surface area contributed by atoms with Crippen LogP contribution in [0.25, 0.3) is 0 Å². The highest BCUT2D eigenvalue weighted by atomic mass is 79.9. The number of hydrogen-bond acceptors (Lipinski definition) is 1. The van der Waals surface area contributed by atoms with Crippen LogP contribution in [0.1, 0.15) is 11.1 Å². The highest BCUT2D eigenvalue weighted by Crippen LogP contribution is 2.16. The van der Waals surface area contributed by atoms with Crippen LogP contribution >= 0.6 is 15.9 Å². The van der Waals surface area contributed by atoms with Gasteiger partial charge >= 0.3 is 0 Å². The molecule has 0 fully saturated rings. The molecule has 0 radical (unpaired) electrons. The van der Waals surface area contributed by atoms with E-state index >= 15 is 0 Å². The molecule has 0 aromatic heterocycles. The zero-order valence-electron chi connectivity index (χ0n) is 10.00. The van der Waals surface area contributed by atoms with Gasteiger partial charge < -0.3 is 5.32 Å². The van der Waals surface area contributed by atoms with Crippen LogP contribution in [0.4, 0.5) is 4.39 Å². The Hall–Kier alpha value is -1.19. The second kappa shape index (κ2) is 6.66. The molecule has 2 aromatic rings. The fourth-order valence-electron chi connectivity index (χ4n) is 1.76. The average molecular weight is 308 g/mol. The molecule has 0 aliphatic heterocycles. The molecule has 0 atom stereocenters. The Bertz CT molecular complexity index is 499. The molecular weight excluding hydrogens is 293 g/mol. The molecule has 0 spiro atoms. The van der Waals surface area contributed by atoms with Crippen molar-refractivity contribution < 1.29 is 4.39 Å². The number of rotatable bonds is 5. The van der Waals surface area contributed by atoms with E-state index in [-0.39, 0.29) is 5.82 Å². The fraction of sp³-hybridized carbons (Fsp3) is 0.200. The molecule has 94 valence electrons. The summed E-state index contributed by atoms with van der Waals surface area (Å²) in [6.07, 6.45) is 1.00. The molecule has 18 heavy (non-hydrogen) atoms. The molecule has 0 bridgehead atoms. The van der Waals surface area contributed by atoms with E-state index in [0.29, 0.717) is 4.47 Å². The molecule has 0 amide bonds. The van der Waals surface area contributed by atoms with Gasteiger partial charge in [0.1, 0.15) is 5.82 Å². The van der Waals surface area contributed by atoms with Crippen molar-refractivity contribution in [2.45, 2.75) is 13.0 Å². The third-order valence-corrected chi connectivity index (χ3v) is 3.35. The maximum Gasteiger partial charge on any atom is 0.137 e. The second-order valence-electron chi connectivity index (χ2n) is 4.16. The Balaban J connectivity index is 1.77. The van der Waals surface area contributed by atoms with Gasteiger partial charge in [-0.2, -0.15) is 0 Å². The molecule has 1 N–H and O–H groups in total. The predicted octanol–water partition coefficient (Wildman–Crippen LogP) is 3.92. The van der Waals surface area contributed by atoms with Crippen molar-refractivity contribution in [1.82, 2.24) is 5.32 Å². The van der Waals surface area contributed by atoms with Crippen LogP contribution < -0.4 is 5.32 Å². The minimum Gasteiger partial charge on any atom is -0.312 e. The first-order valence-electron chi connectivity index (χ1n) is 5.94. The lowest BCUT2D eigenvalue weighted by atomic mass is 10.1. The van der Waals surface area contributed by atoms with Crippen molar-refractivity contribution in [3.05, 3.63) is 69.9 Å². The van der Waals surface area contributed by atoms with Gasteiger partial charge in [-0.15, -0.1) is 0 Å². The summed E-state index contributed by atoms with van der Waals surface area (Å²) in [6.45, 7) is 1.67. The van der Waals surface area contributed by atoms with Crippen molar-refractivity contribution >= 4 is 15.9 Å². The molecule has 1 nitrogen and oxygen atoms in total. The maximum atomic E-state index is 13.0. The monoisotopic (exact) mass is 307 g/mol. The SMILES string of the molecule is Fc1ccc(CNCCc2ccccc2)cc1Br. The van der Waals surface area contributed by atoms with E-state index in [0.717, 1.165) is 25.1 Å². The number of benzene rings is 2. The van der Waals surface area contributed by atoms with Gasteiger partial charge in [0.05, 0.1) is 4.47 Å². The van der Waals surface area contributed by atoms with Crippen LogP contribution in [0, 0.1) is 5.82 Å². The fourth-order valence-corrected chi connectivity index (χ4v) is 2.19. The minimum absolute atomic E-state index is 0.219. The lowest BCUT2D eigenvalue weighted by Gasteiger charge is -2.06. The highest BCUT2D eigenvalue weighted by molar-refractivity contribution is 9.10. The zero-order valence-corrected chi connectivity index (χ0v) is 11.6. The summed E-state index contributed by atoms with van der Waals surface area (Å²) < 4.78 is 13.6. The molecule has 3 heteroatoms. The van der Waals surface area contributed by atoms with Gasteiger partial charge in [0.2, 0.25) is 0 Å². The first-order chi connectivity index (χ1) is 8.75. The van der Waals surface area contributed by atoms with Crippen molar-refractivity contribution in [2.75, 3.05) is 6.54 Å². The second-order valence-corrected chi connectivity index (χ2v) is 5.02. The summed E-state index contributed by atoms with van der Waals surface area (Å²) >= 11 is 3.19. The van der Waals surface area contributed by atoms with Crippen LogP contribution in [-0.4, -0.2) is 6.54 Å². The first-order valence-corrected chi connectivity index (χ1v) is 6.73. The summed E-state index contributed by atoms with van der Waals surface area (Å²) in [5.74, 6) is -0.219. The average Bonchev–Trinajstić information content (AvgIpc) is 2.40. The van der Waals surface area contributed by atoms with Gasteiger partial charge in [0, 0.05) is 6.54 Å². The van der Waals surface area contributed by atoms with E-state index < -0.39 is 0 Å². The number of nitrogens with one attached hydrogen (secondary N) is 1. The third kappa shape index (κ3) is 3.93. The van der Waals surface area contributed by atoms with Gasteiger partial charge in [-0.25, -0.2) is 4.39 Å². The van der Waals surface area contributed by atoms with E-state index in [1.165, 1.54) is 11.6 Å². The quantitative estimate of drug-likeness (QED) is 0.826. The molecule has 2 rings (SSSR count). The van der Waals surface area contributed by atoms with Crippen molar-refractivity contribution in [2.24, 2.45) is 0 Å². The third-order valence-electron chi connectivity index (χ3n) is 2.75. The Morgan fingerprint density at radius 1 is 1.00 bits per heavy atom. The van der Waals surface area contributed by atoms with Gasteiger partial charge in [-0.05, 0) is 52.2 Å². The Morgan fingerprint density at radius 2 is 1.78 bits per heavy atom. The standard InChI is InChI=1S/C15H15BrFN/c16-14-10-13(6-7-15(14)17)11-18-9-8-12-4-2-1-3-5-12/h1-7,10,18H,8-9,11H2. The Kier molecular flexibility index (Phi) is 4.90. The van der Waals surface area contributed by atoms with Crippen LogP contribution in [0.5, 0.6) is 0 Å².